The summed E-state index contributed by atoms with van der Waals surface area (Å²) in [7, 11) is 0. The van der Waals surface area contributed by atoms with Gasteiger partial charge in [-0.2, -0.15) is 5.26 Å². The highest BCUT2D eigenvalue weighted by Gasteiger charge is 2.20. The number of nitriles is 1. The number of rotatable bonds is 5. The van der Waals surface area contributed by atoms with Gasteiger partial charge in [0.15, 0.2) is 0 Å². The fourth-order valence-corrected chi connectivity index (χ4v) is 3.86. The van der Waals surface area contributed by atoms with E-state index in [4.69, 9.17) is 5.26 Å². The Labute approximate surface area is 172 Å². The van der Waals surface area contributed by atoms with Crippen molar-refractivity contribution < 1.29 is 0 Å². The van der Waals surface area contributed by atoms with Crippen LogP contribution >= 0.6 is 12.4 Å². The van der Waals surface area contributed by atoms with Crippen molar-refractivity contribution in [3.05, 3.63) is 83.9 Å². The van der Waals surface area contributed by atoms with Crippen LogP contribution in [0.4, 0.5) is 5.69 Å². The molecule has 2 aromatic carbocycles. The van der Waals surface area contributed by atoms with Crippen LogP contribution in [0, 0.1) is 17.2 Å². The molecule has 4 rings (SSSR count). The second-order valence-corrected chi connectivity index (χ2v) is 7.29. The highest BCUT2D eigenvalue weighted by molar-refractivity contribution is 5.85. The maximum atomic E-state index is 8.94. The molecule has 0 N–H and O–H groups in total. The monoisotopic (exact) mass is 392 g/mol. The van der Waals surface area contributed by atoms with Gasteiger partial charge in [0.1, 0.15) is 0 Å². The van der Waals surface area contributed by atoms with E-state index >= 15 is 0 Å². The number of para-hydroxylation sites is 1. The van der Waals surface area contributed by atoms with E-state index in [1.54, 1.807) is 0 Å². The third kappa shape index (κ3) is 4.74. The van der Waals surface area contributed by atoms with Crippen molar-refractivity contribution in [1.82, 2.24) is 9.55 Å². The normalized spacial score (nSPS) is 14.3. The van der Waals surface area contributed by atoms with Crippen molar-refractivity contribution in [3.63, 3.8) is 0 Å². The molecule has 0 amide bonds. The molecule has 144 valence electrons. The Morgan fingerprint density at radius 1 is 1.00 bits per heavy atom. The molecule has 0 radical (unpaired) electrons. The third-order valence-electron chi connectivity index (χ3n) is 5.46. The summed E-state index contributed by atoms with van der Waals surface area (Å²) in [5.74, 6) is 0.693. The zero-order valence-corrected chi connectivity index (χ0v) is 16.7. The van der Waals surface area contributed by atoms with Crippen LogP contribution in [-0.4, -0.2) is 22.6 Å². The fourth-order valence-electron chi connectivity index (χ4n) is 3.86. The number of anilines is 1. The zero-order chi connectivity index (χ0) is 18.5. The summed E-state index contributed by atoms with van der Waals surface area (Å²) in [4.78, 5) is 6.87. The van der Waals surface area contributed by atoms with Gasteiger partial charge in [-0.1, -0.05) is 30.3 Å². The lowest BCUT2D eigenvalue weighted by atomic mass is 9.96. The number of hydrogen-bond acceptors (Lipinski definition) is 3. The minimum atomic E-state index is 0. The van der Waals surface area contributed by atoms with Crippen molar-refractivity contribution in [2.45, 2.75) is 25.8 Å². The molecular formula is C23H25ClN4. The number of halogens is 1. The van der Waals surface area contributed by atoms with Gasteiger partial charge in [0.25, 0.3) is 0 Å². The number of nitrogens with zero attached hydrogens (tertiary/aromatic N) is 4. The summed E-state index contributed by atoms with van der Waals surface area (Å²) in [5, 5.41) is 8.94. The molecule has 1 fully saturated rings. The van der Waals surface area contributed by atoms with E-state index in [2.05, 4.69) is 50.9 Å². The van der Waals surface area contributed by atoms with Crippen LogP contribution in [0.3, 0.4) is 0 Å². The molecule has 0 spiro atoms. The molecule has 2 heterocycles. The van der Waals surface area contributed by atoms with E-state index in [1.807, 2.05) is 36.8 Å². The molecule has 3 aromatic rings. The lowest BCUT2D eigenvalue weighted by Crippen LogP contribution is -2.35. The number of piperidine rings is 1. The van der Waals surface area contributed by atoms with E-state index in [0.29, 0.717) is 11.5 Å². The SMILES string of the molecule is Cl.N#Cc1ccc(Cc2cncn2CC2CCN(c3ccccc3)CC2)cc1. The van der Waals surface area contributed by atoms with Gasteiger partial charge in [0, 0.05) is 43.6 Å². The minimum Gasteiger partial charge on any atom is -0.372 e. The molecule has 1 aliphatic rings. The topological polar surface area (TPSA) is 44.9 Å². The Morgan fingerprint density at radius 3 is 2.39 bits per heavy atom. The molecule has 1 saturated heterocycles. The van der Waals surface area contributed by atoms with Crippen LogP contribution < -0.4 is 4.90 Å². The van der Waals surface area contributed by atoms with Crippen LogP contribution in [-0.2, 0) is 13.0 Å². The summed E-state index contributed by atoms with van der Waals surface area (Å²) >= 11 is 0. The van der Waals surface area contributed by atoms with Crippen molar-refractivity contribution in [3.8, 4) is 6.07 Å². The standard InChI is InChI=1S/C23H24N4.ClH/c24-15-20-8-6-19(7-9-20)14-23-16-25-18-27(23)17-21-10-12-26(13-11-21)22-4-2-1-3-5-22;/h1-9,16,18,21H,10-14,17H2;1H. The Hall–Kier alpha value is -2.77. The fraction of sp³-hybridized carbons (Fsp3) is 0.304. The van der Waals surface area contributed by atoms with E-state index in [-0.39, 0.29) is 12.4 Å². The molecule has 1 aromatic heterocycles. The van der Waals surface area contributed by atoms with Gasteiger partial charge in [0.2, 0.25) is 0 Å². The molecule has 0 bridgehead atoms. The maximum absolute atomic E-state index is 8.94. The van der Waals surface area contributed by atoms with Gasteiger partial charge in [-0.15, -0.1) is 12.4 Å². The van der Waals surface area contributed by atoms with Gasteiger partial charge in [-0.05, 0) is 48.6 Å². The number of hydrogen-bond donors (Lipinski definition) is 0. The molecule has 0 aliphatic carbocycles. The van der Waals surface area contributed by atoms with Crippen LogP contribution in [0.25, 0.3) is 0 Å². The Morgan fingerprint density at radius 2 is 1.71 bits per heavy atom. The van der Waals surface area contributed by atoms with Gasteiger partial charge in [-0.3, -0.25) is 0 Å². The van der Waals surface area contributed by atoms with E-state index in [9.17, 15) is 0 Å². The van der Waals surface area contributed by atoms with Gasteiger partial charge in [0.05, 0.1) is 18.0 Å². The first-order valence-corrected chi connectivity index (χ1v) is 9.60. The molecule has 0 saturated carbocycles. The summed E-state index contributed by atoms with van der Waals surface area (Å²) in [5.41, 5.74) is 4.50. The lowest BCUT2D eigenvalue weighted by Gasteiger charge is -2.34. The molecule has 0 atom stereocenters. The number of aromatic nitrogens is 2. The Bertz CT molecular complexity index is 904. The van der Waals surface area contributed by atoms with Gasteiger partial charge < -0.3 is 9.47 Å². The third-order valence-corrected chi connectivity index (χ3v) is 5.46. The van der Waals surface area contributed by atoms with Gasteiger partial charge >= 0.3 is 0 Å². The van der Waals surface area contributed by atoms with E-state index in [1.165, 1.54) is 29.8 Å². The second kappa shape index (κ2) is 9.43. The molecule has 28 heavy (non-hydrogen) atoms. The van der Waals surface area contributed by atoms with Crippen LogP contribution in [0.5, 0.6) is 0 Å². The minimum absolute atomic E-state index is 0. The number of imidazole rings is 1. The van der Waals surface area contributed by atoms with Crippen molar-refractivity contribution in [2.75, 3.05) is 18.0 Å². The lowest BCUT2D eigenvalue weighted by molar-refractivity contribution is 0.353. The first-order chi connectivity index (χ1) is 13.3. The van der Waals surface area contributed by atoms with Crippen LogP contribution in [0.2, 0.25) is 0 Å². The average molecular weight is 393 g/mol. The number of benzene rings is 2. The largest absolute Gasteiger partial charge is 0.372 e. The summed E-state index contributed by atoms with van der Waals surface area (Å²) in [6.07, 6.45) is 7.21. The molecular weight excluding hydrogens is 368 g/mol. The predicted octanol–water partition coefficient (Wildman–Crippen LogP) is 4.68. The zero-order valence-electron chi connectivity index (χ0n) is 15.9. The summed E-state index contributed by atoms with van der Waals surface area (Å²) in [6.45, 7) is 3.27. The van der Waals surface area contributed by atoms with E-state index in [0.717, 1.165) is 26.1 Å². The van der Waals surface area contributed by atoms with E-state index < -0.39 is 0 Å². The molecule has 0 unspecified atom stereocenters. The quantitative estimate of drug-likeness (QED) is 0.633. The highest BCUT2D eigenvalue weighted by Crippen LogP contribution is 2.24. The van der Waals surface area contributed by atoms with Crippen molar-refractivity contribution in [1.29, 1.82) is 5.26 Å². The van der Waals surface area contributed by atoms with Crippen molar-refractivity contribution >= 4 is 18.1 Å². The maximum Gasteiger partial charge on any atom is 0.0991 e. The average Bonchev–Trinajstić information content (AvgIpc) is 3.16. The second-order valence-electron chi connectivity index (χ2n) is 7.29. The highest BCUT2D eigenvalue weighted by atomic mass is 35.5. The summed E-state index contributed by atoms with van der Waals surface area (Å²) < 4.78 is 2.31. The smallest absolute Gasteiger partial charge is 0.0991 e. The molecule has 1 aliphatic heterocycles. The Kier molecular flexibility index (Phi) is 6.73. The first kappa shape index (κ1) is 20.0. The van der Waals surface area contributed by atoms with Crippen molar-refractivity contribution in [2.24, 2.45) is 5.92 Å². The predicted molar refractivity (Wildman–Crippen MR) is 115 cm³/mol. The summed E-state index contributed by atoms with van der Waals surface area (Å²) in [6, 6.07) is 20.7. The molecule has 5 heteroatoms. The van der Waals surface area contributed by atoms with Crippen LogP contribution in [0.15, 0.2) is 67.1 Å². The van der Waals surface area contributed by atoms with Gasteiger partial charge in [-0.25, -0.2) is 4.98 Å². The molecule has 4 nitrogen and oxygen atoms in total. The Balaban J connectivity index is 0.00000225. The first-order valence-electron chi connectivity index (χ1n) is 9.60. The van der Waals surface area contributed by atoms with Crippen LogP contribution in [0.1, 0.15) is 29.7 Å².